The summed E-state index contributed by atoms with van der Waals surface area (Å²) in [6.07, 6.45) is 6.83. The third-order valence-corrected chi connectivity index (χ3v) is 7.55. The fourth-order valence-electron chi connectivity index (χ4n) is 3.84. The lowest BCUT2D eigenvalue weighted by Gasteiger charge is -2.28. The standard InChI is InChI=1S/C20H25N3O2S2/c1-13-6-9-23(10-7-13)17(24)8-11-26-12-16-21-19(25)18-14-4-2-3-5-15(14)27-20(18)22-16/h1-12H2,(H,21,22,25). The average Bonchev–Trinajstić information content (AvgIpc) is 3.04. The first-order valence-corrected chi connectivity index (χ1v) is 11.6. The molecule has 5 nitrogen and oxygen atoms in total. The lowest BCUT2D eigenvalue weighted by atomic mass is 9.97. The lowest BCUT2D eigenvalue weighted by molar-refractivity contribution is -0.131. The van der Waals surface area contributed by atoms with E-state index in [1.165, 1.54) is 22.4 Å². The third kappa shape index (κ3) is 4.14. The van der Waals surface area contributed by atoms with Crippen LogP contribution in [0.15, 0.2) is 16.9 Å². The van der Waals surface area contributed by atoms with Crippen LogP contribution in [0.1, 0.15) is 48.4 Å². The van der Waals surface area contributed by atoms with Gasteiger partial charge in [0.2, 0.25) is 5.91 Å². The second-order valence-electron chi connectivity index (χ2n) is 7.34. The number of carbonyl (C=O) groups is 1. The van der Waals surface area contributed by atoms with Gasteiger partial charge >= 0.3 is 0 Å². The summed E-state index contributed by atoms with van der Waals surface area (Å²) < 4.78 is 0. The Bertz CT molecular complexity index is 921. The van der Waals surface area contributed by atoms with E-state index in [4.69, 9.17) is 4.98 Å². The molecule has 1 N–H and O–H groups in total. The summed E-state index contributed by atoms with van der Waals surface area (Å²) in [5, 5.41) is 0.810. The second kappa shape index (κ2) is 8.19. The maximum absolute atomic E-state index is 12.5. The van der Waals surface area contributed by atoms with Gasteiger partial charge in [0, 0.05) is 30.1 Å². The van der Waals surface area contributed by atoms with Gasteiger partial charge in [0.25, 0.3) is 5.56 Å². The Morgan fingerprint density at radius 1 is 1.22 bits per heavy atom. The fourth-order valence-corrected chi connectivity index (χ4v) is 5.91. The zero-order valence-corrected chi connectivity index (χ0v) is 17.1. The molecule has 2 aromatic heterocycles. The molecule has 0 spiro atoms. The van der Waals surface area contributed by atoms with Crippen LogP contribution in [0.5, 0.6) is 0 Å². The van der Waals surface area contributed by atoms with Gasteiger partial charge in [0.1, 0.15) is 10.7 Å². The number of aryl methyl sites for hydroxylation is 2. The van der Waals surface area contributed by atoms with E-state index >= 15 is 0 Å². The van der Waals surface area contributed by atoms with Crippen LogP contribution in [-0.2, 0) is 23.4 Å². The molecular formula is C20H25N3O2S2. The third-order valence-electron chi connectivity index (χ3n) is 5.40. The number of aromatic nitrogens is 2. The molecule has 0 unspecified atom stereocenters. The Kier molecular flexibility index (Phi) is 5.68. The Labute approximate surface area is 167 Å². The van der Waals surface area contributed by atoms with E-state index in [0.717, 1.165) is 67.0 Å². The lowest BCUT2D eigenvalue weighted by Crippen LogP contribution is -2.36. The molecule has 1 aliphatic carbocycles. The van der Waals surface area contributed by atoms with Crippen LogP contribution in [0.3, 0.4) is 0 Å². The van der Waals surface area contributed by atoms with E-state index in [1.807, 2.05) is 4.90 Å². The SMILES string of the molecule is C=C1CCN(C(=O)CCSCc2nc3sc4c(c3c(=O)[nH]2)CCCC4)CC1. The highest BCUT2D eigenvalue weighted by Crippen LogP contribution is 2.33. The molecule has 1 amide bonds. The first-order valence-electron chi connectivity index (χ1n) is 9.67. The van der Waals surface area contributed by atoms with Crippen LogP contribution in [0.25, 0.3) is 10.2 Å². The molecule has 2 aromatic rings. The van der Waals surface area contributed by atoms with Crippen LogP contribution < -0.4 is 5.56 Å². The molecule has 0 radical (unpaired) electrons. The maximum Gasteiger partial charge on any atom is 0.259 e. The number of piperidine rings is 1. The largest absolute Gasteiger partial charge is 0.342 e. The van der Waals surface area contributed by atoms with Crippen molar-refractivity contribution in [1.29, 1.82) is 0 Å². The van der Waals surface area contributed by atoms with Crippen molar-refractivity contribution in [3.8, 4) is 0 Å². The first kappa shape index (κ1) is 18.7. The number of fused-ring (bicyclic) bond motifs is 3. The molecule has 0 atom stereocenters. The van der Waals surface area contributed by atoms with Crippen molar-refractivity contribution in [2.75, 3.05) is 18.8 Å². The van der Waals surface area contributed by atoms with Crippen molar-refractivity contribution < 1.29 is 4.79 Å². The van der Waals surface area contributed by atoms with E-state index in [-0.39, 0.29) is 11.5 Å². The van der Waals surface area contributed by atoms with Gasteiger partial charge in [0.15, 0.2) is 0 Å². The summed E-state index contributed by atoms with van der Waals surface area (Å²) in [5.41, 5.74) is 2.47. The van der Waals surface area contributed by atoms with Crippen molar-refractivity contribution in [1.82, 2.24) is 14.9 Å². The second-order valence-corrected chi connectivity index (χ2v) is 9.53. The minimum Gasteiger partial charge on any atom is -0.342 e. The van der Waals surface area contributed by atoms with Crippen molar-refractivity contribution in [3.63, 3.8) is 0 Å². The zero-order valence-electron chi connectivity index (χ0n) is 15.5. The van der Waals surface area contributed by atoms with Crippen LogP contribution >= 0.6 is 23.1 Å². The number of nitrogens with zero attached hydrogens (tertiary/aromatic N) is 2. The van der Waals surface area contributed by atoms with Crippen molar-refractivity contribution >= 4 is 39.2 Å². The van der Waals surface area contributed by atoms with Gasteiger partial charge in [-0.2, -0.15) is 11.8 Å². The predicted octanol–water partition coefficient (Wildman–Crippen LogP) is 3.67. The number of thiophene rings is 1. The molecule has 1 saturated heterocycles. The quantitative estimate of drug-likeness (QED) is 0.611. The Morgan fingerprint density at radius 2 is 2.00 bits per heavy atom. The summed E-state index contributed by atoms with van der Waals surface area (Å²) >= 11 is 3.34. The molecule has 1 aliphatic heterocycles. The van der Waals surface area contributed by atoms with Crippen LogP contribution in [0, 0.1) is 0 Å². The number of rotatable bonds is 5. The molecule has 4 rings (SSSR count). The number of likely N-dealkylation sites (tertiary alicyclic amines) is 1. The number of H-pyrrole nitrogens is 1. The average molecular weight is 404 g/mol. The predicted molar refractivity (Wildman–Crippen MR) is 113 cm³/mol. The van der Waals surface area contributed by atoms with E-state index in [2.05, 4.69) is 11.6 Å². The van der Waals surface area contributed by atoms with Crippen molar-refractivity contribution in [3.05, 3.63) is 38.8 Å². The number of hydrogen-bond acceptors (Lipinski definition) is 5. The number of amides is 1. The molecular weight excluding hydrogens is 378 g/mol. The summed E-state index contributed by atoms with van der Waals surface area (Å²) in [4.78, 5) is 36.6. The van der Waals surface area contributed by atoms with Crippen LogP contribution in [0.2, 0.25) is 0 Å². The zero-order chi connectivity index (χ0) is 18.8. The van der Waals surface area contributed by atoms with Crippen LogP contribution in [-0.4, -0.2) is 39.6 Å². The van der Waals surface area contributed by atoms with Crippen molar-refractivity contribution in [2.45, 2.75) is 50.7 Å². The highest BCUT2D eigenvalue weighted by Gasteiger charge is 2.20. The van der Waals surface area contributed by atoms with Gasteiger partial charge in [-0.05, 0) is 44.1 Å². The van der Waals surface area contributed by atoms with Gasteiger partial charge in [-0.15, -0.1) is 11.3 Å². The molecule has 144 valence electrons. The first-order chi connectivity index (χ1) is 13.1. The fraction of sp³-hybridized carbons (Fsp3) is 0.550. The smallest absolute Gasteiger partial charge is 0.259 e. The normalized spacial score (nSPS) is 17.3. The van der Waals surface area contributed by atoms with E-state index in [9.17, 15) is 9.59 Å². The number of hydrogen-bond donors (Lipinski definition) is 1. The van der Waals surface area contributed by atoms with Gasteiger partial charge < -0.3 is 9.88 Å². The molecule has 0 bridgehead atoms. The number of carbonyl (C=O) groups excluding carboxylic acids is 1. The summed E-state index contributed by atoms with van der Waals surface area (Å²) in [6, 6.07) is 0. The summed E-state index contributed by atoms with van der Waals surface area (Å²) in [6.45, 7) is 5.59. The van der Waals surface area contributed by atoms with Gasteiger partial charge in [-0.3, -0.25) is 9.59 Å². The van der Waals surface area contributed by atoms with Crippen LogP contribution in [0.4, 0.5) is 0 Å². The highest BCUT2D eigenvalue weighted by molar-refractivity contribution is 7.98. The van der Waals surface area contributed by atoms with E-state index in [0.29, 0.717) is 12.2 Å². The Morgan fingerprint density at radius 3 is 2.81 bits per heavy atom. The monoisotopic (exact) mass is 403 g/mol. The van der Waals surface area contributed by atoms with Crippen molar-refractivity contribution in [2.24, 2.45) is 0 Å². The summed E-state index contributed by atoms with van der Waals surface area (Å²) in [5.74, 6) is 2.33. The van der Waals surface area contributed by atoms with E-state index in [1.54, 1.807) is 23.1 Å². The minimum absolute atomic E-state index is 0.000350. The van der Waals surface area contributed by atoms with E-state index < -0.39 is 0 Å². The Hall–Kier alpha value is -1.60. The molecule has 27 heavy (non-hydrogen) atoms. The minimum atomic E-state index is -0.000350. The summed E-state index contributed by atoms with van der Waals surface area (Å²) in [7, 11) is 0. The molecule has 3 heterocycles. The van der Waals surface area contributed by atoms with Gasteiger partial charge in [-0.1, -0.05) is 12.2 Å². The topological polar surface area (TPSA) is 66.1 Å². The number of thioether (sulfide) groups is 1. The molecule has 0 aromatic carbocycles. The number of aromatic amines is 1. The number of nitrogens with one attached hydrogen (secondary N) is 1. The Balaban J connectivity index is 1.33. The highest BCUT2D eigenvalue weighted by atomic mass is 32.2. The molecule has 7 heteroatoms. The molecule has 0 saturated carbocycles. The van der Waals surface area contributed by atoms with Gasteiger partial charge in [0.05, 0.1) is 11.1 Å². The maximum atomic E-state index is 12.5. The van der Waals surface area contributed by atoms with Gasteiger partial charge in [-0.25, -0.2) is 4.98 Å². The molecule has 1 fully saturated rings. The molecule has 2 aliphatic rings.